The van der Waals surface area contributed by atoms with Crippen LogP contribution < -0.4 is 15.7 Å². The van der Waals surface area contributed by atoms with Crippen molar-refractivity contribution in [3.8, 4) is 0 Å². The normalized spacial score (nSPS) is 15.5. The van der Waals surface area contributed by atoms with Gasteiger partial charge in [0.05, 0.1) is 11.2 Å². The Bertz CT molecular complexity index is 1430. The number of piperidine rings is 1. The predicted octanol–water partition coefficient (Wildman–Crippen LogP) is 6.22. The Balaban J connectivity index is 1.07. The lowest BCUT2D eigenvalue weighted by atomic mass is 9.92. The van der Waals surface area contributed by atoms with Gasteiger partial charge in [0.25, 0.3) is 0 Å². The number of amides is 3. The van der Waals surface area contributed by atoms with E-state index in [2.05, 4.69) is 10.6 Å². The number of pyridine rings is 1. The number of unbranched alkanes of at least 4 members (excludes halogenated alkanes) is 1. The molecule has 2 aliphatic rings. The molecule has 5 rings (SSSR count). The number of anilines is 2. The van der Waals surface area contributed by atoms with Crippen molar-refractivity contribution in [1.82, 2.24) is 15.2 Å². The van der Waals surface area contributed by atoms with E-state index in [1.165, 1.54) is 11.1 Å². The van der Waals surface area contributed by atoms with Gasteiger partial charge in [-0.25, -0.2) is 13.6 Å². The molecule has 3 N–H and O–H groups in total. The Morgan fingerprint density at radius 3 is 2.61 bits per heavy atom. The lowest BCUT2D eigenvalue weighted by molar-refractivity contribution is -0.132. The van der Waals surface area contributed by atoms with E-state index in [-0.39, 0.29) is 17.6 Å². The molecule has 1 aromatic heterocycles. The van der Waals surface area contributed by atoms with Crippen LogP contribution in [0.1, 0.15) is 56.2 Å². The lowest BCUT2D eigenvalue weighted by Gasteiger charge is -2.32. The van der Waals surface area contributed by atoms with E-state index in [0.29, 0.717) is 56.8 Å². The summed E-state index contributed by atoms with van der Waals surface area (Å²) in [6, 6.07) is 8.11. The maximum Gasteiger partial charge on any atom is 0.319 e. The summed E-state index contributed by atoms with van der Waals surface area (Å²) < 4.78 is 26.4. The molecule has 41 heavy (non-hydrogen) atoms. The first-order valence-corrected chi connectivity index (χ1v) is 14.5. The van der Waals surface area contributed by atoms with Crippen LogP contribution in [0, 0.1) is 11.6 Å². The summed E-state index contributed by atoms with van der Waals surface area (Å²) in [5.41, 5.74) is 3.87. The topological polar surface area (TPSA) is 97.8 Å². The highest BCUT2D eigenvalue weighted by Crippen LogP contribution is 2.36. The molecule has 2 heterocycles. The fourth-order valence-corrected chi connectivity index (χ4v) is 5.84. The number of benzene rings is 2. The molecular weight excluding hydrogens is 552 g/mol. The van der Waals surface area contributed by atoms with Crippen LogP contribution in [-0.2, 0) is 17.6 Å². The second-order valence-electron chi connectivity index (χ2n) is 10.7. The number of fused-ring (bicyclic) bond motifs is 2. The zero-order valence-corrected chi connectivity index (χ0v) is 23.5. The second kappa shape index (κ2) is 13.0. The Hall–Kier alpha value is -3.50. The average Bonchev–Trinajstić information content (AvgIpc) is 2.96. The number of likely N-dealkylation sites (tertiary alicyclic amines) is 1. The SMILES string of the molecule is O=C(Nc1ccc(F)c(F)c1)NC1CCN(C(=O)CCCCN(O)c2c3c(nc4cc(Cl)ccc24)CCCC3)CC1. The smallest absolute Gasteiger partial charge is 0.319 e. The Kier molecular flexibility index (Phi) is 9.19. The van der Waals surface area contributed by atoms with Crippen molar-refractivity contribution in [1.29, 1.82) is 0 Å². The van der Waals surface area contributed by atoms with Crippen LogP contribution in [0.15, 0.2) is 36.4 Å². The Morgan fingerprint density at radius 1 is 1.05 bits per heavy atom. The molecule has 1 fully saturated rings. The molecule has 1 saturated heterocycles. The van der Waals surface area contributed by atoms with Gasteiger partial charge in [-0.05, 0) is 87.3 Å². The number of nitrogens with one attached hydrogen (secondary N) is 2. The van der Waals surface area contributed by atoms with Gasteiger partial charge >= 0.3 is 6.03 Å². The van der Waals surface area contributed by atoms with E-state index in [1.807, 2.05) is 18.2 Å². The van der Waals surface area contributed by atoms with Gasteiger partial charge in [0, 0.05) is 60.0 Å². The minimum Gasteiger partial charge on any atom is -0.343 e. The molecule has 8 nitrogen and oxygen atoms in total. The molecule has 0 bridgehead atoms. The largest absolute Gasteiger partial charge is 0.343 e. The van der Waals surface area contributed by atoms with Crippen LogP contribution >= 0.6 is 11.6 Å². The molecule has 0 atom stereocenters. The molecule has 2 aromatic carbocycles. The number of rotatable bonds is 8. The minimum atomic E-state index is -1.03. The maximum atomic E-state index is 13.4. The summed E-state index contributed by atoms with van der Waals surface area (Å²) in [4.78, 5) is 31.7. The van der Waals surface area contributed by atoms with Gasteiger partial charge < -0.3 is 15.5 Å². The van der Waals surface area contributed by atoms with Crippen LogP contribution in [0.3, 0.4) is 0 Å². The van der Waals surface area contributed by atoms with Crippen LogP contribution in [0.4, 0.5) is 25.0 Å². The summed E-state index contributed by atoms with van der Waals surface area (Å²) >= 11 is 6.20. The van der Waals surface area contributed by atoms with Crippen LogP contribution in [0.2, 0.25) is 5.02 Å². The number of urea groups is 1. The highest BCUT2D eigenvalue weighted by Gasteiger charge is 2.25. The minimum absolute atomic E-state index is 0.0561. The Morgan fingerprint density at radius 2 is 1.83 bits per heavy atom. The van der Waals surface area contributed by atoms with E-state index in [0.717, 1.165) is 65.7 Å². The summed E-state index contributed by atoms with van der Waals surface area (Å²) in [6.07, 6.45) is 6.79. The summed E-state index contributed by atoms with van der Waals surface area (Å²) in [7, 11) is 0. The van der Waals surface area contributed by atoms with E-state index in [1.54, 1.807) is 4.90 Å². The third-order valence-corrected chi connectivity index (χ3v) is 8.06. The van der Waals surface area contributed by atoms with Crippen molar-refractivity contribution >= 4 is 45.8 Å². The molecule has 1 aliphatic heterocycles. The molecule has 0 radical (unpaired) electrons. The van der Waals surface area contributed by atoms with Gasteiger partial charge in [-0.15, -0.1) is 0 Å². The first kappa shape index (κ1) is 29.0. The van der Waals surface area contributed by atoms with Crippen molar-refractivity contribution in [2.45, 2.75) is 63.8 Å². The molecule has 0 unspecified atom stereocenters. The highest BCUT2D eigenvalue weighted by molar-refractivity contribution is 6.31. The van der Waals surface area contributed by atoms with Crippen LogP contribution in [0.5, 0.6) is 0 Å². The van der Waals surface area contributed by atoms with Crippen molar-refractivity contribution in [2.75, 3.05) is 30.0 Å². The molecular formula is C30H34ClF2N5O3. The summed E-state index contributed by atoms with van der Waals surface area (Å²) in [5.74, 6) is -1.95. The van der Waals surface area contributed by atoms with Crippen LogP contribution in [0.25, 0.3) is 10.9 Å². The number of hydroxylamine groups is 1. The zero-order valence-electron chi connectivity index (χ0n) is 22.8. The highest BCUT2D eigenvalue weighted by atomic mass is 35.5. The number of aryl methyl sites for hydroxylation is 1. The van der Waals surface area contributed by atoms with Gasteiger partial charge in [0.1, 0.15) is 0 Å². The van der Waals surface area contributed by atoms with Crippen molar-refractivity contribution in [3.63, 3.8) is 0 Å². The van der Waals surface area contributed by atoms with E-state index < -0.39 is 17.7 Å². The van der Waals surface area contributed by atoms with E-state index in [4.69, 9.17) is 16.6 Å². The third kappa shape index (κ3) is 7.05. The standard InChI is InChI=1S/C30H34ClF2N5O3/c31-19-8-10-23-27(17-19)36-26-6-2-1-5-22(26)29(23)38(41)14-4-3-7-28(39)37-15-12-20(13-16-37)34-30(40)35-21-9-11-24(32)25(33)18-21/h8-11,17-18,20,41H,1-7,12-16H2,(H2,34,35,40). The fraction of sp³-hybridized carbons (Fsp3) is 0.433. The molecule has 0 spiro atoms. The van der Waals surface area contributed by atoms with Crippen LogP contribution in [-0.4, -0.2) is 52.7 Å². The fourth-order valence-electron chi connectivity index (χ4n) is 5.68. The van der Waals surface area contributed by atoms with Gasteiger partial charge in [0.2, 0.25) is 5.91 Å². The molecule has 3 aromatic rings. The quantitative estimate of drug-likeness (QED) is 0.215. The predicted molar refractivity (Wildman–Crippen MR) is 154 cm³/mol. The third-order valence-electron chi connectivity index (χ3n) is 7.82. The molecule has 1 aliphatic carbocycles. The summed E-state index contributed by atoms with van der Waals surface area (Å²) in [6.45, 7) is 1.46. The van der Waals surface area contributed by atoms with Gasteiger partial charge in [-0.2, -0.15) is 0 Å². The number of carbonyl (C=O) groups is 2. The van der Waals surface area contributed by atoms with Crippen molar-refractivity contribution in [3.05, 3.63) is 64.3 Å². The number of hydrogen-bond donors (Lipinski definition) is 3. The summed E-state index contributed by atoms with van der Waals surface area (Å²) in [5, 5.41) is 19.2. The van der Waals surface area contributed by atoms with Crippen molar-refractivity contribution < 1.29 is 23.6 Å². The molecule has 3 amide bonds. The molecule has 218 valence electrons. The van der Waals surface area contributed by atoms with E-state index >= 15 is 0 Å². The first-order chi connectivity index (χ1) is 19.8. The van der Waals surface area contributed by atoms with Gasteiger partial charge in [0.15, 0.2) is 11.6 Å². The van der Waals surface area contributed by atoms with Crippen molar-refractivity contribution in [2.24, 2.45) is 0 Å². The van der Waals surface area contributed by atoms with Gasteiger partial charge in [-0.3, -0.25) is 20.0 Å². The molecule has 0 saturated carbocycles. The monoisotopic (exact) mass is 585 g/mol. The lowest BCUT2D eigenvalue weighted by Crippen LogP contribution is -2.47. The number of aromatic nitrogens is 1. The molecule has 11 heteroatoms. The zero-order chi connectivity index (χ0) is 28.9. The number of nitrogens with zero attached hydrogens (tertiary/aromatic N) is 3. The van der Waals surface area contributed by atoms with E-state index in [9.17, 15) is 23.6 Å². The number of halogens is 3. The number of carbonyl (C=O) groups excluding carboxylic acids is 2. The van der Waals surface area contributed by atoms with Gasteiger partial charge in [-0.1, -0.05) is 11.6 Å². The first-order valence-electron chi connectivity index (χ1n) is 14.2. The Labute approximate surface area is 242 Å². The second-order valence-corrected chi connectivity index (χ2v) is 11.2. The average molecular weight is 586 g/mol. The maximum absolute atomic E-state index is 13.4. The number of hydrogen-bond acceptors (Lipinski definition) is 5.